The van der Waals surface area contributed by atoms with Crippen LogP contribution in [0.25, 0.3) is 0 Å². The maximum Gasteiger partial charge on any atom is 0.243 e. The highest BCUT2D eigenvalue weighted by Crippen LogP contribution is 2.12. The molecule has 1 heterocycles. The molecule has 0 aromatic heterocycles. The van der Waals surface area contributed by atoms with Crippen LogP contribution < -0.4 is 59.7 Å². The number of hydrogen-bond acceptors (Lipinski definition) is 12. The van der Waals surface area contributed by atoms with Crippen LogP contribution in [0.4, 0.5) is 0 Å². The summed E-state index contributed by atoms with van der Waals surface area (Å²) < 4.78 is 0. The Morgan fingerprint density at radius 3 is 1.54 bits per heavy atom. The van der Waals surface area contributed by atoms with Gasteiger partial charge in [-0.3, -0.25) is 47.9 Å². The number of amides is 10. The van der Waals surface area contributed by atoms with Gasteiger partial charge in [0.25, 0.3) is 0 Å². The Labute approximate surface area is 400 Å². The Hall–Kier alpha value is -6.55. The van der Waals surface area contributed by atoms with Gasteiger partial charge in [0.2, 0.25) is 59.1 Å². The number of carbonyl (C=O) groups is 10. The van der Waals surface area contributed by atoms with Crippen molar-refractivity contribution in [1.29, 1.82) is 0 Å². The Kier molecular flexibility index (Phi) is 24.0. The first-order valence-electron chi connectivity index (χ1n) is 22.6. The van der Waals surface area contributed by atoms with Gasteiger partial charge in [-0.25, -0.2) is 0 Å². The van der Waals surface area contributed by atoms with Crippen molar-refractivity contribution in [3.8, 4) is 0 Å². The van der Waals surface area contributed by atoms with Crippen LogP contribution in [0.2, 0.25) is 0 Å². The van der Waals surface area contributed by atoms with Crippen molar-refractivity contribution in [1.82, 2.24) is 42.5 Å². The number of carbonyl (C=O) groups excluding carboxylic acids is 10. The molecule has 2 aromatic carbocycles. The predicted octanol–water partition coefficient (Wildman–Crippen LogP) is -1.94. The van der Waals surface area contributed by atoms with Crippen LogP contribution in [-0.4, -0.2) is 126 Å². The lowest BCUT2D eigenvalue weighted by molar-refractivity contribution is -0.135. The summed E-state index contributed by atoms with van der Waals surface area (Å²) in [6.07, 6.45) is 2.30. The van der Waals surface area contributed by atoms with Crippen LogP contribution in [0.3, 0.4) is 0 Å². The Morgan fingerprint density at radius 2 is 1.07 bits per heavy atom. The molecule has 0 aliphatic carbocycles. The molecule has 68 heavy (non-hydrogen) atoms. The van der Waals surface area contributed by atoms with Gasteiger partial charge in [-0.1, -0.05) is 74.5 Å². The van der Waals surface area contributed by atoms with Gasteiger partial charge in [-0.15, -0.1) is 0 Å². The minimum Gasteiger partial charge on any atom is -0.370 e. The lowest BCUT2D eigenvalue weighted by Gasteiger charge is -2.27. The molecule has 0 radical (unpaired) electrons. The number of rotatable bonds is 30. The van der Waals surface area contributed by atoms with Crippen molar-refractivity contribution in [2.75, 3.05) is 25.1 Å². The normalized spacial score (nSPS) is 15.8. The number of nitrogens with two attached hydrogens (primary N) is 3. The maximum atomic E-state index is 14.3. The van der Waals surface area contributed by atoms with E-state index in [4.69, 9.17) is 17.2 Å². The molecule has 0 saturated carbocycles. The Balaban J connectivity index is 1.86. The molecular weight excluding hydrogens is 899 g/mol. The second kappa shape index (κ2) is 29.3. The van der Waals surface area contributed by atoms with Gasteiger partial charge in [0, 0.05) is 25.7 Å². The van der Waals surface area contributed by atoms with Crippen LogP contribution in [-0.2, 0) is 60.8 Å². The van der Waals surface area contributed by atoms with E-state index in [1.54, 1.807) is 60.7 Å². The molecule has 1 aliphatic heterocycles. The largest absolute Gasteiger partial charge is 0.370 e. The van der Waals surface area contributed by atoms with E-state index in [0.717, 1.165) is 6.42 Å². The summed E-state index contributed by atoms with van der Waals surface area (Å²) in [6.45, 7) is 3.68. The van der Waals surface area contributed by atoms with Crippen LogP contribution >= 0.6 is 11.8 Å². The Morgan fingerprint density at radius 1 is 0.603 bits per heavy atom. The summed E-state index contributed by atoms with van der Waals surface area (Å²) in [5.74, 6) is -6.94. The first-order chi connectivity index (χ1) is 32.4. The lowest BCUT2D eigenvalue weighted by Crippen LogP contribution is -2.59. The highest BCUT2D eigenvalue weighted by atomic mass is 32.2. The molecule has 7 atom stereocenters. The fourth-order valence-electron chi connectivity index (χ4n) is 7.26. The van der Waals surface area contributed by atoms with E-state index in [1.807, 2.05) is 20.1 Å². The van der Waals surface area contributed by atoms with Gasteiger partial charge < -0.3 is 59.7 Å². The van der Waals surface area contributed by atoms with Crippen molar-refractivity contribution in [3.63, 3.8) is 0 Å². The summed E-state index contributed by atoms with van der Waals surface area (Å²) in [4.78, 5) is 131. The fourth-order valence-corrected chi connectivity index (χ4v) is 7.73. The maximum absolute atomic E-state index is 14.3. The molecule has 1 saturated heterocycles. The smallest absolute Gasteiger partial charge is 0.243 e. The fraction of sp³-hybridized carbons (Fsp3) is 0.522. The first kappa shape index (κ1) is 55.8. The minimum atomic E-state index is -1.47. The van der Waals surface area contributed by atoms with Crippen molar-refractivity contribution < 1.29 is 47.9 Å². The van der Waals surface area contributed by atoms with Crippen LogP contribution in [0.1, 0.15) is 76.3 Å². The highest BCUT2D eigenvalue weighted by molar-refractivity contribution is 7.98. The number of thioether (sulfide) groups is 1. The van der Waals surface area contributed by atoms with E-state index in [0.29, 0.717) is 29.8 Å². The van der Waals surface area contributed by atoms with Gasteiger partial charge >= 0.3 is 0 Å². The van der Waals surface area contributed by atoms with Crippen LogP contribution in [0.15, 0.2) is 60.7 Å². The molecule has 0 spiro atoms. The lowest BCUT2D eigenvalue weighted by atomic mass is 10.0. The molecule has 10 amide bonds. The molecule has 1 aliphatic rings. The average molecular weight is 966 g/mol. The van der Waals surface area contributed by atoms with Crippen molar-refractivity contribution >= 4 is 70.8 Å². The van der Waals surface area contributed by atoms with E-state index in [1.165, 1.54) is 11.8 Å². The summed E-state index contributed by atoms with van der Waals surface area (Å²) in [7, 11) is 0. The third-order valence-electron chi connectivity index (χ3n) is 10.9. The van der Waals surface area contributed by atoms with Gasteiger partial charge in [0.05, 0.1) is 12.6 Å². The van der Waals surface area contributed by atoms with E-state index >= 15 is 0 Å². The zero-order valence-electron chi connectivity index (χ0n) is 38.8. The SMILES string of the molecule is CSCC[C@H](NC(=O)[C@@H](CC(C)C)NC(=O)CNC(=O)[C@H](Cc1ccccc1)NC(=O)[C@H](Cc1ccccc1)NC(=O)[C@H](CCC(N)=O)NC(=O)[C@H](CCC(N)=O)NC(=O)[C@H]1CCCN1)C(N)=O. The Bertz CT molecular complexity index is 2040. The molecule has 0 bridgehead atoms. The summed E-state index contributed by atoms with van der Waals surface area (Å²) in [5.41, 5.74) is 17.5. The van der Waals surface area contributed by atoms with Gasteiger partial charge in [-0.2, -0.15) is 11.8 Å². The third-order valence-corrected chi connectivity index (χ3v) is 11.5. The third kappa shape index (κ3) is 20.5. The quantitative estimate of drug-likeness (QED) is 0.0408. The van der Waals surface area contributed by atoms with E-state index < -0.39 is 108 Å². The van der Waals surface area contributed by atoms with Crippen molar-refractivity contribution in [2.24, 2.45) is 23.1 Å². The van der Waals surface area contributed by atoms with Gasteiger partial charge in [0.15, 0.2) is 0 Å². The second-order valence-electron chi connectivity index (χ2n) is 17.0. The molecule has 22 heteroatoms. The zero-order chi connectivity index (χ0) is 50.2. The highest BCUT2D eigenvalue weighted by Gasteiger charge is 2.34. The van der Waals surface area contributed by atoms with E-state index in [9.17, 15) is 47.9 Å². The molecule has 2 aromatic rings. The van der Waals surface area contributed by atoms with Crippen molar-refractivity contribution in [3.05, 3.63) is 71.8 Å². The average Bonchev–Trinajstić information content (AvgIpc) is 3.85. The topological polar surface area (TPSA) is 345 Å². The predicted molar refractivity (Wildman–Crippen MR) is 254 cm³/mol. The van der Waals surface area contributed by atoms with Crippen molar-refractivity contribution in [2.45, 2.75) is 120 Å². The number of hydrogen-bond donors (Lipinski definition) is 11. The van der Waals surface area contributed by atoms with Crippen LogP contribution in [0, 0.1) is 5.92 Å². The number of primary amides is 3. The van der Waals surface area contributed by atoms with E-state index in [2.05, 4.69) is 42.5 Å². The first-order valence-corrected chi connectivity index (χ1v) is 24.0. The summed E-state index contributed by atoms with van der Waals surface area (Å²) in [6, 6.07) is 9.23. The summed E-state index contributed by atoms with van der Waals surface area (Å²) in [5, 5.41) is 21.3. The molecule has 14 N–H and O–H groups in total. The molecule has 372 valence electrons. The monoisotopic (exact) mass is 965 g/mol. The van der Waals surface area contributed by atoms with Crippen LogP contribution in [0.5, 0.6) is 0 Å². The van der Waals surface area contributed by atoms with E-state index in [-0.39, 0.29) is 57.3 Å². The standard InChI is InChI=1S/C46H67N11O10S/c1-27(2)23-34(45(66)53-30(40(49)61)20-22-68-3)52-39(60)26-51-41(62)35(24-28-11-6-4-7-12-28)56-46(67)36(25-29-13-8-5-9-14-29)57-44(65)33(17-19-38(48)59)55-43(64)32(16-18-37(47)58)54-42(63)31-15-10-21-50-31/h4-9,11-14,27,30-36,50H,10,15-26H2,1-3H3,(H2,47,58)(H2,48,59)(H2,49,61)(H,51,62)(H,52,60)(H,53,66)(H,54,63)(H,55,64)(H,56,67)(H,57,65)/t30-,31+,32-,33-,34+,35-,36-/m0/s1. The molecule has 3 rings (SSSR count). The minimum absolute atomic E-state index is 0.0545. The second-order valence-corrected chi connectivity index (χ2v) is 18.0. The molecule has 21 nitrogen and oxygen atoms in total. The molecule has 0 unspecified atom stereocenters. The molecular formula is C46H67N11O10S. The molecule has 1 fully saturated rings. The number of nitrogens with one attached hydrogen (secondary N) is 8. The zero-order valence-corrected chi connectivity index (χ0v) is 39.6. The summed E-state index contributed by atoms with van der Waals surface area (Å²) >= 11 is 1.47. The van der Waals surface area contributed by atoms with Gasteiger partial charge in [0.1, 0.15) is 36.3 Å². The van der Waals surface area contributed by atoms with Gasteiger partial charge in [-0.05, 0) is 74.1 Å². The number of benzene rings is 2.